The van der Waals surface area contributed by atoms with Gasteiger partial charge < -0.3 is 24.4 Å². The van der Waals surface area contributed by atoms with E-state index in [0.29, 0.717) is 18.4 Å². The van der Waals surface area contributed by atoms with E-state index in [9.17, 15) is 4.79 Å². The van der Waals surface area contributed by atoms with Crippen molar-refractivity contribution in [2.24, 2.45) is 11.8 Å². The minimum atomic E-state index is 0.133. The number of hydrogen-bond donors (Lipinski definition) is 1. The summed E-state index contributed by atoms with van der Waals surface area (Å²) in [5.41, 5.74) is 5.25. The Morgan fingerprint density at radius 3 is 2.48 bits per heavy atom. The maximum Gasteiger partial charge on any atom is 0.253 e. The number of nitrogens with zero attached hydrogens (tertiary/aromatic N) is 4. The molecule has 0 aliphatic carbocycles. The molecule has 0 atom stereocenters. The predicted octanol–water partition coefficient (Wildman–Crippen LogP) is 6.99. The summed E-state index contributed by atoms with van der Waals surface area (Å²) >= 11 is 0. The molecule has 42 heavy (non-hydrogen) atoms. The summed E-state index contributed by atoms with van der Waals surface area (Å²) in [5, 5.41) is 3.64. The van der Waals surface area contributed by atoms with Gasteiger partial charge in [-0.3, -0.25) is 4.79 Å². The molecule has 0 saturated carbocycles. The summed E-state index contributed by atoms with van der Waals surface area (Å²) in [6.07, 6.45) is 8.04. The van der Waals surface area contributed by atoms with Crippen LogP contribution in [0.2, 0.25) is 0 Å². The van der Waals surface area contributed by atoms with E-state index in [1.807, 2.05) is 12.1 Å². The zero-order valence-electron chi connectivity index (χ0n) is 26.3. The lowest BCUT2D eigenvalue weighted by atomic mass is 10.1. The van der Waals surface area contributed by atoms with Crippen molar-refractivity contribution in [3.05, 3.63) is 53.1 Å². The van der Waals surface area contributed by atoms with Gasteiger partial charge in [-0.25, -0.2) is 4.98 Å². The Bertz CT molecular complexity index is 1310. The van der Waals surface area contributed by atoms with Crippen LogP contribution < -0.4 is 10.1 Å². The van der Waals surface area contributed by atoms with Crippen LogP contribution in [0.4, 0.5) is 5.95 Å². The molecule has 0 spiro atoms. The van der Waals surface area contributed by atoms with Crippen molar-refractivity contribution in [1.29, 1.82) is 0 Å². The number of piperidine rings is 1. The number of hydrogen-bond acceptors (Lipinski definition) is 5. The average Bonchev–Trinajstić information content (AvgIpc) is 3.60. The van der Waals surface area contributed by atoms with E-state index in [0.717, 1.165) is 86.8 Å². The molecule has 0 radical (unpaired) electrons. The number of amides is 1. The van der Waals surface area contributed by atoms with Crippen molar-refractivity contribution in [2.45, 2.75) is 85.7 Å². The minimum absolute atomic E-state index is 0.133. The van der Waals surface area contributed by atoms with E-state index in [4.69, 9.17) is 9.72 Å². The second-order valence-corrected chi connectivity index (χ2v) is 13.1. The lowest BCUT2D eigenvalue weighted by Gasteiger charge is -2.26. The van der Waals surface area contributed by atoms with Crippen molar-refractivity contribution < 1.29 is 9.53 Å². The van der Waals surface area contributed by atoms with Crippen LogP contribution in [-0.4, -0.2) is 64.6 Å². The molecule has 3 aromatic rings. The summed E-state index contributed by atoms with van der Waals surface area (Å²) in [7, 11) is 0. The molecule has 2 aromatic carbocycles. The molecule has 0 bridgehead atoms. The van der Waals surface area contributed by atoms with Crippen molar-refractivity contribution in [1.82, 2.24) is 19.4 Å². The second kappa shape index (κ2) is 14.4. The van der Waals surface area contributed by atoms with Crippen LogP contribution in [0.15, 0.2) is 36.4 Å². The van der Waals surface area contributed by atoms with E-state index >= 15 is 0 Å². The molecule has 1 aromatic heterocycles. The summed E-state index contributed by atoms with van der Waals surface area (Å²) in [4.78, 5) is 23.5. The number of carbonyl (C=O) groups is 1. The smallest absolute Gasteiger partial charge is 0.253 e. The van der Waals surface area contributed by atoms with Gasteiger partial charge in [0, 0.05) is 38.2 Å². The van der Waals surface area contributed by atoms with Crippen LogP contribution in [0.25, 0.3) is 11.0 Å². The van der Waals surface area contributed by atoms with Gasteiger partial charge in [-0.1, -0.05) is 46.2 Å². The largest absolute Gasteiger partial charge is 0.493 e. The fraction of sp³-hybridized carbons (Fsp3) is 0.600. The number of benzene rings is 2. The Kier molecular flexibility index (Phi) is 10.4. The number of ether oxygens (including phenoxy) is 1. The third-order valence-corrected chi connectivity index (χ3v) is 8.74. The standard InChI is InChI=1S/C35H51N5O2/c1-26(2)13-20-39(21-14-27(3)4)34(41)30-10-11-31-32(24-30)40(19-8-18-38-16-6-5-7-17-38)35(37-31)36-25-28-9-12-33-29(23-28)15-22-42-33/h9-12,23-24,26-27H,5-8,13-22,25H2,1-4H3,(H,36,37). The van der Waals surface area contributed by atoms with Crippen LogP contribution >= 0.6 is 0 Å². The van der Waals surface area contributed by atoms with Gasteiger partial charge in [0.15, 0.2) is 0 Å². The molecule has 0 unspecified atom stereocenters. The highest BCUT2D eigenvalue weighted by atomic mass is 16.5. The maximum atomic E-state index is 13.8. The van der Waals surface area contributed by atoms with Gasteiger partial charge >= 0.3 is 0 Å². The van der Waals surface area contributed by atoms with Crippen LogP contribution in [0.5, 0.6) is 5.75 Å². The second-order valence-electron chi connectivity index (χ2n) is 13.1. The first kappa shape index (κ1) is 30.4. The van der Waals surface area contributed by atoms with E-state index in [1.54, 1.807) is 0 Å². The van der Waals surface area contributed by atoms with Gasteiger partial charge in [-0.2, -0.15) is 0 Å². The first-order chi connectivity index (χ1) is 20.4. The van der Waals surface area contributed by atoms with Crippen LogP contribution in [-0.2, 0) is 19.5 Å². The Morgan fingerprint density at radius 2 is 1.74 bits per heavy atom. The third-order valence-electron chi connectivity index (χ3n) is 8.74. The van der Waals surface area contributed by atoms with Crippen molar-refractivity contribution in [3.63, 3.8) is 0 Å². The molecule has 7 heteroatoms. The monoisotopic (exact) mass is 573 g/mol. The van der Waals surface area contributed by atoms with Gasteiger partial charge in [0.1, 0.15) is 5.75 Å². The van der Waals surface area contributed by atoms with E-state index in [2.05, 4.69) is 71.6 Å². The van der Waals surface area contributed by atoms with E-state index in [1.165, 1.54) is 43.5 Å². The Balaban J connectivity index is 1.38. The third kappa shape index (κ3) is 7.85. The molecular weight excluding hydrogens is 522 g/mol. The molecular formula is C35H51N5O2. The van der Waals surface area contributed by atoms with Crippen LogP contribution in [0.3, 0.4) is 0 Å². The van der Waals surface area contributed by atoms with E-state index in [-0.39, 0.29) is 5.91 Å². The van der Waals surface area contributed by atoms with Gasteiger partial charge in [0.05, 0.1) is 17.6 Å². The fourth-order valence-corrected chi connectivity index (χ4v) is 6.11. The quantitative estimate of drug-likeness (QED) is 0.225. The van der Waals surface area contributed by atoms with Gasteiger partial charge in [0.2, 0.25) is 5.95 Å². The number of nitrogens with one attached hydrogen (secondary N) is 1. The van der Waals surface area contributed by atoms with Gasteiger partial charge in [0.25, 0.3) is 5.91 Å². The lowest BCUT2D eigenvalue weighted by molar-refractivity contribution is 0.0741. The molecule has 7 nitrogen and oxygen atoms in total. The Hall–Kier alpha value is -3.06. The first-order valence-corrected chi connectivity index (χ1v) is 16.4. The Morgan fingerprint density at radius 1 is 0.976 bits per heavy atom. The molecule has 3 heterocycles. The van der Waals surface area contributed by atoms with Crippen molar-refractivity contribution in [2.75, 3.05) is 44.6 Å². The number of anilines is 1. The normalized spacial score (nSPS) is 15.4. The number of aromatic nitrogens is 2. The first-order valence-electron chi connectivity index (χ1n) is 16.4. The zero-order valence-corrected chi connectivity index (χ0v) is 26.3. The lowest BCUT2D eigenvalue weighted by Crippen LogP contribution is -2.34. The highest BCUT2D eigenvalue weighted by Crippen LogP contribution is 2.27. The summed E-state index contributed by atoms with van der Waals surface area (Å²) in [5.74, 6) is 3.15. The fourth-order valence-electron chi connectivity index (χ4n) is 6.11. The maximum absolute atomic E-state index is 13.8. The van der Waals surface area contributed by atoms with Crippen LogP contribution in [0, 0.1) is 11.8 Å². The molecule has 5 rings (SSSR count). The SMILES string of the molecule is CC(C)CCN(CCC(C)C)C(=O)c1ccc2nc(NCc3ccc4c(c3)CCO4)n(CCCN3CCCCC3)c2c1. The summed E-state index contributed by atoms with van der Waals surface area (Å²) in [6.45, 7) is 16.4. The number of carbonyl (C=O) groups excluding carboxylic acids is 1. The molecule has 228 valence electrons. The molecule has 1 saturated heterocycles. The molecule has 2 aliphatic rings. The highest BCUT2D eigenvalue weighted by Gasteiger charge is 2.20. The molecule has 1 N–H and O–H groups in total. The average molecular weight is 574 g/mol. The van der Waals surface area contributed by atoms with E-state index < -0.39 is 0 Å². The van der Waals surface area contributed by atoms with Gasteiger partial charge in [-0.05, 0) is 99.0 Å². The van der Waals surface area contributed by atoms with Crippen molar-refractivity contribution in [3.8, 4) is 5.75 Å². The minimum Gasteiger partial charge on any atom is -0.493 e. The summed E-state index contributed by atoms with van der Waals surface area (Å²) in [6, 6.07) is 12.6. The number of imidazole rings is 1. The van der Waals surface area contributed by atoms with Crippen molar-refractivity contribution >= 4 is 22.9 Å². The van der Waals surface area contributed by atoms with Gasteiger partial charge in [-0.15, -0.1) is 0 Å². The zero-order chi connectivity index (χ0) is 29.5. The number of likely N-dealkylation sites (tertiary alicyclic amines) is 1. The number of aryl methyl sites for hydroxylation is 1. The predicted molar refractivity (Wildman–Crippen MR) is 172 cm³/mol. The summed E-state index contributed by atoms with van der Waals surface area (Å²) < 4.78 is 8.00. The molecule has 1 amide bonds. The topological polar surface area (TPSA) is 62.6 Å². The highest BCUT2D eigenvalue weighted by molar-refractivity contribution is 5.97. The van der Waals surface area contributed by atoms with Crippen LogP contribution in [0.1, 0.15) is 87.7 Å². The number of fused-ring (bicyclic) bond motifs is 2. The number of rotatable bonds is 14. The molecule has 1 fully saturated rings. The Labute approximate surface area is 252 Å². The molecule has 2 aliphatic heterocycles.